The van der Waals surface area contributed by atoms with Crippen molar-refractivity contribution in [2.24, 2.45) is 0 Å². The van der Waals surface area contributed by atoms with Crippen molar-refractivity contribution < 1.29 is 19.1 Å². The molecule has 2 N–H and O–H groups in total. The number of nitrogens with zero attached hydrogens (tertiary/aromatic N) is 1. The molecular formula is C14H22N2O4. The first-order valence-corrected chi connectivity index (χ1v) is 6.57. The molecule has 0 unspecified atom stereocenters. The lowest BCUT2D eigenvalue weighted by atomic mass is 10.1. The van der Waals surface area contributed by atoms with Gasteiger partial charge in [-0.15, -0.1) is 0 Å². The first kappa shape index (κ1) is 16.2. The van der Waals surface area contributed by atoms with Crippen LogP contribution in [0.3, 0.4) is 0 Å². The zero-order valence-electron chi connectivity index (χ0n) is 12.2. The largest absolute Gasteiger partial charge is 0.459 e. The van der Waals surface area contributed by atoms with Crippen LogP contribution in [-0.4, -0.2) is 47.6 Å². The third kappa shape index (κ3) is 5.88. The van der Waals surface area contributed by atoms with Crippen LogP contribution in [-0.2, 0) is 4.79 Å². The third-order valence-corrected chi connectivity index (χ3v) is 2.65. The molecule has 0 aliphatic heterocycles. The van der Waals surface area contributed by atoms with E-state index in [1.807, 2.05) is 0 Å². The Hall–Kier alpha value is -1.82. The van der Waals surface area contributed by atoms with Gasteiger partial charge in [-0.3, -0.25) is 9.59 Å². The maximum atomic E-state index is 11.8. The maximum Gasteiger partial charge on any atom is 0.286 e. The molecule has 1 aromatic heterocycles. The van der Waals surface area contributed by atoms with Crippen molar-refractivity contribution >= 4 is 11.8 Å². The Morgan fingerprint density at radius 3 is 2.70 bits per heavy atom. The topological polar surface area (TPSA) is 82.8 Å². The van der Waals surface area contributed by atoms with E-state index in [-0.39, 0.29) is 24.1 Å². The number of hydrogen-bond donors (Lipinski definition) is 2. The molecule has 0 atom stereocenters. The van der Waals surface area contributed by atoms with Crippen LogP contribution in [0, 0.1) is 0 Å². The van der Waals surface area contributed by atoms with Crippen LogP contribution in [0.2, 0.25) is 0 Å². The predicted octanol–water partition coefficient (Wildman–Crippen LogP) is 1.02. The highest BCUT2D eigenvalue weighted by Crippen LogP contribution is 2.05. The molecule has 1 heterocycles. The van der Waals surface area contributed by atoms with Gasteiger partial charge < -0.3 is 19.7 Å². The number of aliphatic hydroxyl groups is 1. The summed E-state index contributed by atoms with van der Waals surface area (Å²) in [5.41, 5.74) is -0.905. The van der Waals surface area contributed by atoms with Crippen LogP contribution in [0.15, 0.2) is 22.8 Å². The van der Waals surface area contributed by atoms with E-state index in [9.17, 15) is 14.7 Å². The summed E-state index contributed by atoms with van der Waals surface area (Å²) in [6, 6.07) is 3.22. The number of hydrogen-bond acceptors (Lipinski definition) is 4. The van der Waals surface area contributed by atoms with Crippen LogP contribution >= 0.6 is 0 Å². The highest BCUT2D eigenvalue weighted by Gasteiger charge is 2.19. The lowest BCUT2D eigenvalue weighted by molar-refractivity contribution is -0.132. The molecule has 0 aromatic carbocycles. The maximum absolute atomic E-state index is 11.8. The van der Waals surface area contributed by atoms with E-state index in [2.05, 4.69) is 5.32 Å². The fourth-order valence-electron chi connectivity index (χ4n) is 1.80. The monoisotopic (exact) mass is 282 g/mol. The molecule has 1 aromatic rings. The summed E-state index contributed by atoms with van der Waals surface area (Å²) in [6.07, 6.45) is 2.30. The van der Waals surface area contributed by atoms with Crippen molar-refractivity contribution in [3.63, 3.8) is 0 Å². The Kier molecular flexibility index (Phi) is 5.76. The second-order valence-electron chi connectivity index (χ2n) is 5.40. The van der Waals surface area contributed by atoms with Gasteiger partial charge in [0.1, 0.15) is 0 Å². The van der Waals surface area contributed by atoms with Crippen LogP contribution in [0.1, 0.15) is 37.2 Å². The van der Waals surface area contributed by atoms with Crippen molar-refractivity contribution in [2.75, 3.05) is 20.1 Å². The molecule has 0 fully saturated rings. The van der Waals surface area contributed by atoms with Gasteiger partial charge >= 0.3 is 0 Å². The van der Waals surface area contributed by atoms with Crippen molar-refractivity contribution in [3.05, 3.63) is 24.2 Å². The number of nitrogens with one attached hydrogen (secondary N) is 1. The molecule has 6 nitrogen and oxygen atoms in total. The lowest BCUT2D eigenvalue weighted by Crippen LogP contribution is -2.39. The summed E-state index contributed by atoms with van der Waals surface area (Å²) in [4.78, 5) is 24.8. The van der Waals surface area contributed by atoms with Gasteiger partial charge in [0, 0.05) is 26.6 Å². The Morgan fingerprint density at radius 2 is 2.15 bits per heavy atom. The molecule has 0 saturated carbocycles. The van der Waals surface area contributed by atoms with E-state index in [1.54, 1.807) is 33.0 Å². The number of carbonyl (C=O) groups is 2. The Balaban J connectivity index is 2.21. The van der Waals surface area contributed by atoms with E-state index in [0.717, 1.165) is 0 Å². The van der Waals surface area contributed by atoms with E-state index >= 15 is 0 Å². The van der Waals surface area contributed by atoms with Crippen LogP contribution in [0.25, 0.3) is 0 Å². The van der Waals surface area contributed by atoms with Crippen molar-refractivity contribution in [2.45, 2.75) is 32.3 Å². The average molecular weight is 282 g/mol. The van der Waals surface area contributed by atoms with Crippen molar-refractivity contribution in [1.29, 1.82) is 0 Å². The molecule has 0 spiro atoms. The SMILES string of the molecule is CN(CC(C)(C)O)C(=O)CCCNC(=O)c1ccco1. The average Bonchev–Trinajstić information content (AvgIpc) is 2.85. The fraction of sp³-hybridized carbons (Fsp3) is 0.571. The number of carbonyl (C=O) groups excluding carboxylic acids is 2. The molecule has 0 radical (unpaired) electrons. The van der Waals surface area contributed by atoms with Gasteiger partial charge in [0.2, 0.25) is 5.91 Å². The molecule has 1 rings (SSSR count). The molecule has 6 heteroatoms. The van der Waals surface area contributed by atoms with Crippen molar-refractivity contribution in [1.82, 2.24) is 10.2 Å². The summed E-state index contributed by atoms with van der Waals surface area (Å²) >= 11 is 0. The minimum absolute atomic E-state index is 0.0561. The lowest BCUT2D eigenvalue weighted by Gasteiger charge is -2.25. The summed E-state index contributed by atoms with van der Waals surface area (Å²) in [5.74, 6) is -0.0813. The summed E-state index contributed by atoms with van der Waals surface area (Å²) in [7, 11) is 1.65. The molecule has 0 saturated heterocycles. The Morgan fingerprint density at radius 1 is 1.45 bits per heavy atom. The second-order valence-corrected chi connectivity index (χ2v) is 5.40. The first-order valence-electron chi connectivity index (χ1n) is 6.57. The highest BCUT2D eigenvalue weighted by atomic mass is 16.3. The van der Waals surface area contributed by atoms with Gasteiger partial charge in [-0.05, 0) is 32.4 Å². The van der Waals surface area contributed by atoms with Gasteiger partial charge in [-0.2, -0.15) is 0 Å². The molecule has 0 aliphatic carbocycles. The number of furan rings is 1. The van der Waals surface area contributed by atoms with Gasteiger partial charge in [0.25, 0.3) is 5.91 Å². The molecule has 0 bridgehead atoms. The van der Waals surface area contributed by atoms with Crippen LogP contribution in [0.5, 0.6) is 0 Å². The summed E-state index contributed by atoms with van der Waals surface area (Å²) < 4.78 is 4.95. The predicted molar refractivity (Wildman–Crippen MR) is 74.2 cm³/mol. The molecule has 0 aliphatic rings. The van der Waals surface area contributed by atoms with Crippen LogP contribution < -0.4 is 5.32 Å². The minimum Gasteiger partial charge on any atom is -0.459 e. The minimum atomic E-state index is -0.905. The first-order chi connectivity index (χ1) is 9.29. The number of likely N-dealkylation sites (N-methyl/N-ethyl adjacent to an activating group) is 1. The van der Waals surface area contributed by atoms with Gasteiger partial charge in [-0.1, -0.05) is 0 Å². The molecule has 20 heavy (non-hydrogen) atoms. The highest BCUT2D eigenvalue weighted by molar-refractivity contribution is 5.91. The summed E-state index contributed by atoms with van der Waals surface area (Å²) in [5, 5.41) is 12.3. The Labute approximate surface area is 118 Å². The fourth-order valence-corrected chi connectivity index (χ4v) is 1.80. The van der Waals surface area contributed by atoms with Crippen LogP contribution in [0.4, 0.5) is 0 Å². The zero-order valence-corrected chi connectivity index (χ0v) is 12.2. The van der Waals surface area contributed by atoms with Gasteiger partial charge in [-0.25, -0.2) is 0 Å². The standard InChI is InChI=1S/C14H22N2O4/c1-14(2,19)10-16(3)12(17)7-4-8-15-13(18)11-6-5-9-20-11/h5-6,9,19H,4,7-8,10H2,1-3H3,(H,15,18). The van der Waals surface area contributed by atoms with Gasteiger partial charge in [0.15, 0.2) is 5.76 Å². The van der Waals surface area contributed by atoms with E-state index in [4.69, 9.17) is 4.42 Å². The van der Waals surface area contributed by atoms with E-state index in [0.29, 0.717) is 19.4 Å². The second kappa shape index (κ2) is 7.09. The van der Waals surface area contributed by atoms with Crippen molar-refractivity contribution in [3.8, 4) is 0 Å². The van der Waals surface area contributed by atoms with E-state index in [1.165, 1.54) is 11.2 Å². The zero-order chi connectivity index (χ0) is 15.2. The third-order valence-electron chi connectivity index (χ3n) is 2.65. The molecule has 112 valence electrons. The van der Waals surface area contributed by atoms with Gasteiger partial charge in [0.05, 0.1) is 11.9 Å². The number of amides is 2. The number of rotatable bonds is 7. The quantitative estimate of drug-likeness (QED) is 0.731. The molecule has 2 amide bonds. The van der Waals surface area contributed by atoms with E-state index < -0.39 is 5.60 Å². The summed E-state index contributed by atoms with van der Waals surface area (Å²) in [6.45, 7) is 3.99. The normalized spacial score (nSPS) is 11.2. The molecular weight excluding hydrogens is 260 g/mol. The Bertz CT molecular complexity index is 435. The smallest absolute Gasteiger partial charge is 0.286 e.